The number of phosphoric ester groups is 1. The molecule has 0 aliphatic heterocycles. The van der Waals surface area contributed by atoms with Crippen LogP contribution in [0.5, 0.6) is 5.75 Å². The molecule has 0 saturated heterocycles. The number of carbonyl (C=O) groups is 1. The van der Waals surface area contributed by atoms with Crippen LogP contribution in [0.2, 0.25) is 0 Å². The number of ether oxygens (including phenoxy) is 2. The Balaban J connectivity index is 1.68. The van der Waals surface area contributed by atoms with Crippen LogP contribution in [0.1, 0.15) is 37.5 Å². The lowest BCUT2D eigenvalue weighted by Crippen LogP contribution is -2.38. The highest BCUT2D eigenvalue weighted by Gasteiger charge is 2.29. The fraction of sp³-hybridized carbons (Fsp3) is 0.345. The first kappa shape index (κ1) is 29.4. The van der Waals surface area contributed by atoms with Gasteiger partial charge in [0.15, 0.2) is 0 Å². The minimum absolute atomic E-state index is 0.0501. The van der Waals surface area contributed by atoms with Crippen molar-refractivity contribution in [3.05, 3.63) is 102 Å². The van der Waals surface area contributed by atoms with E-state index < -0.39 is 19.5 Å². The molecule has 0 aliphatic rings. The van der Waals surface area contributed by atoms with Gasteiger partial charge in [0.05, 0.1) is 26.9 Å². The summed E-state index contributed by atoms with van der Waals surface area (Å²) in [6.07, 6.45) is -0.512. The summed E-state index contributed by atoms with van der Waals surface area (Å²) in [7, 11) is -2.37. The summed E-state index contributed by atoms with van der Waals surface area (Å²) in [6, 6.07) is 26.1. The van der Waals surface area contributed by atoms with Crippen molar-refractivity contribution in [2.24, 2.45) is 0 Å². The standard InChI is InChI=1S/C29H36NO7P/c1-29(2,3)37-28(31)30(21-24-15-17-27(33-4)18-16-24)19-20-34-38(32,35-22-25-11-7-5-8-12-25)36-23-26-13-9-6-10-14-26/h5-18H,19-23H2,1-4H3. The highest BCUT2D eigenvalue weighted by molar-refractivity contribution is 7.48. The van der Waals surface area contributed by atoms with Crippen LogP contribution < -0.4 is 4.74 Å². The Kier molecular flexibility index (Phi) is 10.9. The lowest BCUT2D eigenvalue weighted by Gasteiger charge is -2.28. The first-order chi connectivity index (χ1) is 18.2. The van der Waals surface area contributed by atoms with Gasteiger partial charge in [0, 0.05) is 13.1 Å². The smallest absolute Gasteiger partial charge is 0.475 e. The molecule has 38 heavy (non-hydrogen) atoms. The largest absolute Gasteiger partial charge is 0.497 e. The molecule has 1 amide bonds. The summed E-state index contributed by atoms with van der Waals surface area (Å²) in [4.78, 5) is 14.4. The SMILES string of the molecule is COc1ccc(CN(CCOP(=O)(OCc2ccccc2)OCc2ccccc2)C(=O)OC(C)(C)C)cc1. The van der Waals surface area contributed by atoms with Gasteiger partial charge in [0.2, 0.25) is 0 Å². The van der Waals surface area contributed by atoms with Gasteiger partial charge in [0.25, 0.3) is 0 Å². The third-order valence-electron chi connectivity index (χ3n) is 5.26. The Labute approximate surface area is 225 Å². The number of methoxy groups -OCH3 is 1. The molecule has 0 saturated carbocycles. The van der Waals surface area contributed by atoms with Gasteiger partial charge in [-0.2, -0.15) is 0 Å². The fourth-order valence-electron chi connectivity index (χ4n) is 3.34. The molecular formula is C29H36NO7P. The van der Waals surface area contributed by atoms with E-state index in [0.717, 1.165) is 16.7 Å². The molecule has 0 unspecified atom stereocenters. The molecule has 0 aromatic heterocycles. The second-order valence-electron chi connectivity index (χ2n) is 9.55. The summed E-state index contributed by atoms with van der Waals surface area (Å²) in [5.41, 5.74) is 1.85. The molecule has 0 fully saturated rings. The molecule has 0 heterocycles. The molecule has 204 valence electrons. The number of benzene rings is 3. The summed E-state index contributed by atoms with van der Waals surface area (Å²) in [5.74, 6) is 0.716. The molecule has 0 spiro atoms. The molecule has 8 nitrogen and oxygen atoms in total. The maximum absolute atomic E-state index is 13.6. The predicted octanol–water partition coefficient (Wildman–Crippen LogP) is 6.99. The molecule has 0 bridgehead atoms. The van der Waals surface area contributed by atoms with E-state index in [4.69, 9.17) is 23.0 Å². The van der Waals surface area contributed by atoms with Crippen LogP contribution in [0.4, 0.5) is 4.79 Å². The topological polar surface area (TPSA) is 83.5 Å². The van der Waals surface area contributed by atoms with Gasteiger partial charge in [0.1, 0.15) is 11.4 Å². The Morgan fingerprint density at radius 3 is 1.76 bits per heavy atom. The number of nitrogens with zero attached hydrogens (tertiary/aromatic N) is 1. The summed E-state index contributed by atoms with van der Waals surface area (Å²) in [6.45, 7) is 5.79. The average Bonchev–Trinajstić information content (AvgIpc) is 2.91. The second-order valence-corrected chi connectivity index (χ2v) is 11.2. The monoisotopic (exact) mass is 541 g/mol. The fourth-order valence-corrected chi connectivity index (χ4v) is 4.49. The van der Waals surface area contributed by atoms with Crippen molar-refractivity contribution in [3.63, 3.8) is 0 Å². The van der Waals surface area contributed by atoms with Crippen LogP contribution >= 0.6 is 7.82 Å². The van der Waals surface area contributed by atoms with Gasteiger partial charge in [-0.15, -0.1) is 0 Å². The lowest BCUT2D eigenvalue weighted by atomic mass is 10.2. The van der Waals surface area contributed by atoms with Crippen molar-refractivity contribution in [2.45, 2.75) is 46.1 Å². The van der Waals surface area contributed by atoms with Crippen LogP contribution in [0.25, 0.3) is 0 Å². The van der Waals surface area contributed by atoms with E-state index in [1.807, 2.05) is 84.9 Å². The van der Waals surface area contributed by atoms with Crippen LogP contribution in [0.15, 0.2) is 84.9 Å². The Morgan fingerprint density at radius 2 is 1.29 bits per heavy atom. The van der Waals surface area contributed by atoms with Gasteiger partial charge in [-0.25, -0.2) is 9.36 Å². The minimum Gasteiger partial charge on any atom is -0.497 e. The summed E-state index contributed by atoms with van der Waals surface area (Å²) in [5, 5.41) is 0. The van der Waals surface area contributed by atoms with E-state index in [1.54, 1.807) is 27.9 Å². The van der Waals surface area contributed by atoms with Crippen molar-refractivity contribution in [1.82, 2.24) is 4.90 Å². The van der Waals surface area contributed by atoms with Crippen LogP contribution in [0, 0.1) is 0 Å². The van der Waals surface area contributed by atoms with E-state index in [-0.39, 0.29) is 32.9 Å². The highest BCUT2D eigenvalue weighted by atomic mass is 31.2. The van der Waals surface area contributed by atoms with Crippen LogP contribution in [-0.2, 0) is 42.6 Å². The summed E-state index contributed by atoms with van der Waals surface area (Å²) < 4.78 is 41.4. The first-order valence-corrected chi connectivity index (χ1v) is 13.8. The van der Waals surface area contributed by atoms with Crippen molar-refractivity contribution in [1.29, 1.82) is 0 Å². The first-order valence-electron chi connectivity index (χ1n) is 12.4. The van der Waals surface area contributed by atoms with E-state index in [2.05, 4.69) is 0 Å². The van der Waals surface area contributed by atoms with Gasteiger partial charge in [-0.3, -0.25) is 13.6 Å². The van der Waals surface area contributed by atoms with E-state index >= 15 is 0 Å². The van der Waals surface area contributed by atoms with E-state index in [0.29, 0.717) is 5.75 Å². The molecular weight excluding hydrogens is 505 g/mol. The van der Waals surface area contributed by atoms with E-state index in [9.17, 15) is 9.36 Å². The van der Waals surface area contributed by atoms with Crippen molar-refractivity contribution >= 4 is 13.9 Å². The number of phosphoric acid groups is 1. The number of rotatable bonds is 13. The Bertz CT molecular complexity index is 1120. The molecule has 3 aromatic carbocycles. The van der Waals surface area contributed by atoms with Crippen LogP contribution in [0.3, 0.4) is 0 Å². The zero-order chi connectivity index (χ0) is 27.4. The quantitative estimate of drug-likeness (QED) is 0.216. The molecule has 3 rings (SSSR count). The average molecular weight is 542 g/mol. The maximum Gasteiger partial charge on any atom is 0.475 e. The van der Waals surface area contributed by atoms with Crippen molar-refractivity contribution in [2.75, 3.05) is 20.3 Å². The number of hydrogen-bond acceptors (Lipinski definition) is 7. The van der Waals surface area contributed by atoms with Crippen molar-refractivity contribution in [3.8, 4) is 5.75 Å². The van der Waals surface area contributed by atoms with Crippen molar-refractivity contribution < 1.29 is 32.4 Å². The number of amides is 1. The van der Waals surface area contributed by atoms with Gasteiger partial charge >= 0.3 is 13.9 Å². The molecule has 0 N–H and O–H groups in total. The van der Waals surface area contributed by atoms with Gasteiger partial charge in [-0.1, -0.05) is 72.8 Å². The molecule has 9 heteroatoms. The Morgan fingerprint density at radius 1 is 0.763 bits per heavy atom. The molecule has 0 radical (unpaired) electrons. The maximum atomic E-state index is 13.6. The third kappa shape index (κ3) is 10.3. The second kappa shape index (κ2) is 14.1. The van der Waals surface area contributed by atoms with E-state index in [1.165, 1.54) is 4.90 Å². The molecule has 0 atom stereocenters. The van der Waals surface area contributed by atoms with Gasteiger partial charge in [-0.05, 0) is 49.6 Å². The Hall–Kier alpha value is -3.16. The summed E-state index contributed by atoms with van der Waals surface area (Å²) >= 11 is 0. The molecule has 0 aliphatic carbocycles. The predicted molar refractivity (Wildman–Crippen MR) is 146 cm³/mol. The number of carbonyl (C=O) groups excluding carboxylic acids is 1. The number of hydrogen-bond donors (Lipinski definition) is 0. The van der Waals surface area contributed by atoms with Gasteiger partial charge < -0.3 is 14.4 Å². The highest BCUT2D eigenvalue weighted by Crippen LogP contribution is 2.50. The minimum atomic E-state index is -3.97. The molecule has 3 aromatic rings. The zero-order valence-corrected chi connectivity index (χ0v) is 23.3. The third-order valence-corrected chi connectivity index (χ3v) is 6.65. The normalized spacial score (nSPS) is 11.7. The van der Waals surface area contributed by atoms with Crippen LogP contribution in [-0.4, -0.2) is 36.9 Å². The lowest BCUT2D eigenvalue weighted by molar-refractivity contribution is 0.0184. The zero-order valence-electron chi connectivity index (χ0n) is 22.4.